The van der Waals surface area contributed by atoms with E-state index in [0.29, 0.717) is 5.82 Å². The SMILES string of the molecule is CCNc1nc(-c2cc(C)ccn2)nc(CC)c1C. The Balaban J connectivity index is 2.54. The third-order valence-electron chi connectivity index (χ3n) is 3.07. The average Bonchev–Trinajstić information content (AvgIpc) is 2.41. The topological polar surface area (TPSA) is 50.7 Å². The van der Waals surface area contributed by atoms with Crippen molar-refractivity contribution in [3.8, 4) is 11.5 Å². The zero-order valence-electron chi connectivity index (χ0n) is 12.0. The molecule has 0 aliphatic rings. The lowest BCUT2D eigenvalue weighted by Gasteiger charge is -2.12. The van der Waals surface area contributed by atoms with Crippen LogP contribution in [0.4, 0.5) is 5.82 Å². The fraction of sp³-hybridized carbons (Fsp3) is 0.400. The van der Waals surface area contributed by atoms with Crippen molar-refractivity contribution in [1.82, 2.24) is 15.0 Å². The Kier molecular flexibility index (Phi) is 4.10. The molecule has 100 valence electrons. The molecule has 0 saturated heterocycles. The molecule has 0 amide bonds. The molecule has 4 nitrogen and oxygen atoms in total. The van der Waals surface area contributed by atoms with Gasteiger partial charge in [-0.15, -0.1) is 0 Å². The summed E-state index contributed by atoms with van der Waals surface area (Å²) >= 11 is 0. The van der Waals surface area contributed by atoms with Crippen molar-refractivity contribution >= 4 is 5.82 Å². The number of aromatic nitrogens is 3. The molecule has 2 aromatic rings. The summed E-state index contributed by atoms with van der Waals surface area (Å²) in [6, 6.07) is 3.99. The quantitative estimate of drug-likeness (QED) is 0.913. The molecule has 0 bridgehead atoms. The zero-order valence-corrected chi connectivity index (χ0v) is 12.0. The molecule has 2 rings (SSSR count). The second-order valence-corrected chi connectivity index (χ2v) is 4.57. The van der Waals surface area contributed by atoms with Gasteiger partial charge >= 0.3 is 0 Å². The van der Waals surface area contributed by atoms with Gasteiger partial charge in [-0.3, -0.25) is 4.98 Å². The van der Waals surface area contributed by atoms with E-state index in [1.54, 1.807) is 6.20 Å². The van der Waals surface area contributed by atoms with E-state index in [-0.39, 0.29) is 0 Å². The van der Waals surface area contributed by atoms with Crippen molar-refractivity contribution in [3.05, 3.63) is 35.2 Å². The smallest absolute Gasteiger partial charge is 0.180 e. The van der Waals surface area contributed by atoms with Crippen LogP contribution in [0.5, 0.6) is 0 Å². The van der Waals surface area contributed by atoms with Crippen LogP contribution in [-0.4, -0.2) is 21.5 Å². The number of nitrogens with zero attached hydrogens (tertiary/aromatic N) is 3. The standard InChI is InChI=1S/C15H20N4/c1-5-12-11(4)14(16-6-2)19-15(18-12)13-9-10(3)7-8-17-13/h7-9H,5-6H2,1-4H3,(H,16,18,19). The molecule has 0 unspecified atom stereocenters. The van der Waals surface area contributed by atoms with E-state index in [0.717, 1.165) is 41.3 Å². The van der Waals surface area contributed by atoms with Crippen molar-refractivity contribution in [2.45, 2.75) is 34.1 Å². The summed E-state index contributed by atoms with van der Waals surface area (Å²) in [4.78, 5) is 13.6. The predicted molar refractivity (Wildman–Crippen MR) is 78.3 cm³/mol. The summed E-state index contributed by atoms with van der Waals surface area (Å²) in [5, 5.41) is 3.30. The Morgan fingerprint density at radius 2 is 1.95 bits per heavy atom. The number of hydrogen-bond acceptors (Lipinski definition) is 4. The lowest BCUT2D eigenvalue weighted by Crippen LogP contribution is -2.08. The van der Waals surface area contributed by atoms with E-state index in [2.05, 4.69) is 41.0 Å². The molecule has 0 aliphatic carbocycles. The van der Waals surface area contributed by atoms with Crippen LogP contribution in [0.15, 0.2) is 18.3 Å². The summed E-state index contributed by atoms with van der Waals surface area (Å²) < 4.78 is 0. The highest BCUT2D eigenvalue weighted by molar-refractivity contribution is 5.57. The molecule has 2 aromatic heterocycles. The first-order chi connectivity index (χ1) is 9.15. The third-order valence-corrected chi connectivity index (χ3v) is 3.07. The first-order valence-electron chi connectivity index (χ1n) is 6.70. The van der Waals surface area contributed by atoms with Gasteiger partial charge in [-0.1, -0.05) is 6.92 Å². The van der Waals surface area contributed by atoms with Gasteiger partial charge in [0.15, 0.2) is 5.82 Å². The maximum absolute atomic E-state index is 4.63. The summed E-state index contributed by atoms with van der Waals surface area (Å²) in [6.07, 6.45) is 2.69. The van der Waals surface area contributed by atoms with Crippen molar-refractivity contribution < 1.29 is 0 Å². The Bertz CT molecular complexity index is 578. The molecule has 0 fully saturated rings. The minimum atomic E-state index is 0.696. The van der Waals surface area contributed by atoms with Gasteiger partial charge in [0.2, 0.25) is 0 Å². The summed E-state index contributed by atoms with van der Waals surface area (Å²) in [5.41, 5.74) is 4.19. The van der Waals surface area contributed by atoms with Crippen LogP contribution in [0.25, 0.3) is 11.5 Å². The highest BCUT2D eigenvalue weighted by Crippen LogP contribution is 2.21. The van der Waals surface area contributed by atoms with Gasteiger partial charge in [0.1, 0.15) is 11.5 Å². The molecule has 2 heterocycles. The van der Waals surface area contributed by atoms with E-state index in [1.807, 2.05) is 19.1 Å². The third kappa shape index (κ3) is 2.89. The molecule has 1 N–H and O–H groups in total. The zero-order chi connectivity index (χ0) is 13.8. The number of pyridine rings is 1. The minimum Gasteiger partial charge on any atom is -0.370 e. The van der Waals surface area contributed by atoms with Crippen molar-refractivity contribution in [1.29, 1.82) is 0 Å². The number of anilines is 1. The molecule has 0 aliphatic heterocycles. The molecule has 0 aromatic carbocycles. The number of rotatable bonds is 4. The first kappa shape index (κ1) is 13.5. The summed E-state index contributed by atoms with van der Waals surface area (Å²) in [7, 11) is 0. The maximum atomic E-state index is 4.63. The molecule has 0 spiro atoms. The monoisotopic (exact) mass is 256 g/mol. The Hall–Kier alpha value is -1.97. The van der Waals surface area contributed by atoms with E-state index >= 15 is 0 Å². The first-order valence-corrected chi connectivity index (χ1v) is 6.70. The molecule has 4 heteroatoms. The number of hydrogen-bond donors (Lipinski definition) is 1. The molecular weight excluding hydrogens is 236 g/mol. The van der Waals surface area contributed by atoms with Gasteiger partial charge in [0, 0.05) is 24.0 Å². The fourth-order valence-corrected chi connectivity index (χ4v) is 2.02. The second-order valence-electron chi connectivity index (χ2n) is 4.57. The highest BCUT2D eigenvalue weighted by Gasteiger charge is 2.11. The van der Waals surface area contributed by atoms with Gasteiger partial charge in [-0.25, -0.2) is 9.97 Å². The highest BCUT2D eigenvalue weighted by atomic mass is 15.0. The van der Waals surface area contributed by atoms with Crippen molar-refractivity contribution in [2.24, 2.45) is 0 Å². The Morgan fingerprint density at radius 3 is 2.58 bits per heavy atom. The fourth-order valence-electron chi connectivity index (χ4n) is 2.02. The second kappa shape index (κ2) is 5.78. The summed E-state index contributed by atoms with van der Waals surface area (Å²) in [5.74, 6) is 1.61. The van der Waals surface area contributed by atoms with Gasteiger partial charge < -0.3 is 5.32 Å². The van der Waals surface area contributed by atoms with Crippen LogP contribution in [0.3, 0.4) is 0 Å². The van der Waals surface area contributed by atoms with Gasteiger partial charge in [0.05, 0.1) is 0 Å². The minimum absolute atomic E-state index is 0.696. The van der Waals surface area contributed by atoms with Crippen LogP contribution < -0.4 is 5.32 Å². The molecular formula is C15H20N4. The van der Waals surface area contributed by atoms with Crippen LogP contribution in [0.2, 0.25) is 0 Å². The predicted octanol–water partition coefficient (Wildman–Crippen LogP) is 3.15. The molecule has 0 saturated carbocycles. The number of nitrogens with one attached hydrogen (secondary N) is 1. The Labute approximate surface area is 114 Å². The van der Waals surface area contributed by atoms with Gasteiger partial charge in [-0.05, 0) is 44.9 Å². The van der Waals surface area contributed by atoms with Crippen LogP contribution >= 0.6 is 0 Å². The largest absolute Gasteiger partial charge is 0.370 e. The van der Waals surface area contributed by atoms with Crippen LogP contribution in [-0.2, 0) is 6.42 Å². The molecule has 19 heavy (non-hydrogen) atoms. The van der Waals surface area contributed by atoms with E-state index < -0.39 is 0 Å². The van der Waals surface area contributed by atoms with Crippen molar-refractivity contribution in [2.75, 3.05) is 11.9 Å². The normalized spacial score (nSPS) is 10.5. The lowest BCUT2D eigenvalue weighted by atomic mass is 10.1. The lowest BCUT2D eigenvalue weighted by molar-refractivity contribution is 0.964. The van der Waals surface area contributed by atoms with E-state index in [1.165, 1.54) is 0 Å². The van der Waals surface area contributed by atoms with Crippen LogP contribution in [0, 0.1) is 13.8 Å². The van der Waals surface area contributed by atoms with Crippen LogP contribution in [0.1, 0.15) is 30.7 Å². The maximum Gasteiger partial charge on any atom is 0.180 e. The van der Waals surface area contributed by atoms with Gasteiger partial charge in [0.25, 0.3) is 0 Å². The number of aryl methyl sites for hydroxylation is 2. The van der Waals surface area contributed by atoms with Gasteiger partial charge in [-0.2, -0.15) is 0 Å². The molecule has 0 radical (unpaired) electrons. The van der Waals surface area contributed by atoms with E-state index in [4.69, 9.17) is 0 Å². The Morgan fingerprint density at radius 1 is 1.16 bits per heavy atom. The van der Waals surface area contributed by atoms with Crippen molar-refractivity contribution in [3.63, 3.8) is 0 Å². The molecule has 0 atom stereocenters. The van der Waals surface area contributed by atoms with E-state index in [9.17, 15) is 0 Å². The average molecular weight is 256 g/mol. The summed E-state index contributed by atoms with van der Waals surface area (Å²) in [6.45, 7) is 9.13.